The second kappa shape index (κ2) is 7.94. The fourth-order valence-electron chi connectivity index (χ4n) is 3.34. The summed E-state index contributed by atoms with van der Waals surface area (Å²) in [6.07, 6.45) is 0. The molecule has 0 saturated carbocycles. The highest BCUT2D eigenvalue weighted by Gasteiger charge is 2.20. The minimum Gasteiger partial charge on any atom is -0.497 e. The first-order valence-corrected chi connectivity index (χ1v) is 9.48. The molecule has 0 aliphatic carbocycles. The fraction of sp³-hybridized carbons (Fsp3) is 0.273. The highest BCUT2D eigenvalue weighted by molar-refractivity contribution is 5.70. The molecular weight excluding hydrogens is 355 g/mol. The van der Waals surface area contributed by atoms with Gasteiger partial charge in [0, 0.05) is 11.1 Å². The maximum atomic E-state index is 13.4. The van der Waals surface area contributed by atoms with Gasteiger partial charge < -0.3 is 14.5 Å². The number of ether oxygens (including phenoxy) is 1. The third kappa shape index (κ3) is 3.97. The molecule has 3 aromatic rings. The quantitative estimate of drug-likeness (QED) is 0.755. The second-order valence-corrected chi connectivity index (χ2v) is 7.12. The number of hydrogen-bond donors (Lipinski definition) is 1. The lowest BCUT2D eigenvalue weighted by Crippen LogP contribution is -3.12. The molecule has 2 heterocycles. The number of quaternary nitrogens is 1. The number of anilines is 1. The van der Waals surface area contributed by atoms with E-state index in [0.29, 0.717) is 0 Å². The average Bonchev–Trinajstić information content (AvgIpc) is 2.74. The molecule has 1 aliphatic heterocycles. The van der Waals surface area contributed by atoms with E-state index >= 15 is 0 Å². The van der Waals surface area contributed by atoms with Crippen molar-refractivity contribution in [2.24, 2.45) is 0 Å². The third-order valence-corrected chi connectivity index (χ3v) is 5.14. The van der Waals surface area contributed by atoms with E-state index in [0.717, 1.165) is 60.4 Å². The van der Waals surface area contributed by atoms with Crippen LogP contribution in [0.25, 0.3) is 22.5 Å². The van der Waals surface area contributed by atoms with Crippen molar-refractivity contribution in [2.45, 2.75) is 0 Å². The number of likely N-dealkylation sites (N-methyl/N-ethyl adjacent to an activating group) is 1. The van der Waals surface area contributed by atoms with Gasteiger partial charge in [0.05, 0.1) is 51.7 Å². The predicted octanol–water partition coefficient (Wildman–Crippen LogP) is 2.29. The van der Waals surface area contributed by atoms with Crippen molar-refractivity contribution < 1.29 is 14.0 Å². The van der Waals surface area contributed by atoms with Crippen LogP contribution in [0.4, 0.5) is 10.3 Å². The Morgan fingerprint density at radius 2 is 1.43 bits per heavy atom. The maximum Gasteiger partial charge on any atom is 0.226 e. The van der Waals surface area contributed by atoms with Crippen molar-refractivity contribution in [2.75, 3.05) is 45.2 Å². The summed E-state index contributed by atoms with van der Waals surface area (Å²) in [6, 6.07) is 16.2. The van der Waals surface area contributed by atoms with Gasteiger partial charge in [-0.15, -0.1) is 0 Å². The fourth-order valence-corrected chi connectivity index (χ4v) is 3.34. The van der Waals surface area contributed by atoms with Crippen LogP contribution in [0.5, 0.6) is 5.75 Å². The van der Waals surface area contributed by atoms with Gasteiger partial charge in [-0.25, -0.2) is 14.4 Å². The lowest BCUT2D eigenvalue weighted by Gasteiger charge is -2.30. The van der Waals surface area contributed by atoms with E-state index < -0.39 is 0 Å². The van der Waals surface area contributed by atoms with Crippen molar-refractivity contribution in [3.63, 3.8) is 0 Å². The molecule has 1 fully saturated rings. The molecule has 144 valence electrons. The molecule has 0 bridgehead atoms. The Morgan fingerprint density at radius 3 is 1.96 bits per heavy atom. The standard InChI is InChI=1S/C22H23FN4O/c1-26-11-13-27(14-12-26)22-24-20(16-3-7-18(23)8-4-16)15-21(25-22)17-5-9-19(28-2)10-6-17/h3-10,15H,11-14H2,1-2H3/p+1. The Labute approximate surface area is 164 Å². The van der Waals surface area contributed by atoms with E-state index in [2.05, 4.69) is 11.9 Å². The molecule has 1 N–H and O–H groups in total. The summed E-state index contributed by atoms with van der Waals surface area (Å²) < 4.78 is 18.6. The van der Waals surface area contributed by atoms with E-state index in [1.54, 1.807) is 19.2 Å². The molecule has 28 heavy (non-hydrogen) atoms. The molecule has 2 aromatic carbocycles. The Balaban J connectivity index is 1.76. The van der Waals surface area contributed by atoms with Crippen LogP contribution in [0, 0.1) is 5.82 Å². The van der Waals surface area contributed by atoms with Gasteiger partial charge in [0.25, 0.3) is 0 Å². The van der Waals surface area contributed by atoms with Crippen molar-refractivity contribution >= 4 is 5.95 Å². The highest BCUT2D eigenvalue weighted by atomic mass is 19.1. The normalized spacial score (nSPS) is 14.9. The lowest BCUT2D eigenvalue weighted by molar-refractivity contribution is -0.880. The number of methoxy groups -OCH3 is 1. The molecule has 5 nitrogen and oxygen atoms in total. The van der Waals surface area contributed by atoms with E-state index in [1.165, 1.54) is 17.0 Å². The first kappa shape index (κ1) is 18.4. The topological polar surface area (TPSA) is 42.7 Å². The zero-order valence-corrected chi connectivity index (χ0v) is 16.2. The summed E-state index contributed by atoms with van der Waals surface area (Å²) in [7, 11) is 3.86. The van der Waals surface area contributed by atoms with Crippen LogP contribution in [0.2, 0.25) is 0 Å². The monoisotopic (exact) mass is 379 g/mol. The number of nitrogens with zero attached hydrogens (tertiary/aromatic N) is 3. The number of hydrogen-bond acceptors (Lipinski definition) is 4. The zero-order chi connectivity index (χ0) is 19.5. The van der Waals surface area contributed by atoms with Crippen molar-refractivity contribution in [1.29, 1.82) is 0 Å². The molecule has 0 radical (unpaired) electrons. The van der Waals surface area contributed by atoms with Crippen LogP contribution in [-0.4, -0.2) is 50.3 Å². The van der Waals surface area contributed by atoms with Gasteiger partial charge in [-0.1, -0.05) is 0 Å². The van der Waals surface area contributed by atoms with Crippen LogP contribution in [-0.2, 0) is 0 Å². The third-order valence-electron chi connectivity index (χ3n) is 5.14. The first-order chi connectivity index (χ1) is 13.6. The minimum absolute atomic E-state index is 0.254. The van der Waals surface area contributed by atoms with Gasteiger partial charge in [-0.3, -0.25) is 0 Å². The molecule has 0 amide bonds. The van der Waals surface area contributed by atoms with Gasteiger partial charge >= 0.3 is 0 Å². The maximum absolute atomic E-state index is 13.4. The molecular formula is C22H24FN4O+. The largest absolute Gasteiger partial charge is 0.497 e. The van der Waals surface area contributed by atoms with Gasteiger partial charge in [0.2, 0.25) is 5.95 Å². The molecule has 1 saturated heterocycles. The van der Waals surface area contributed by atoms with Crippen molar-refractivity contribution in [3.8, 4) is 28.3 Å². The van der Waals surface area contributed by atoms with Crippen LogP contribution < -0.4 is 14.5 Å². The Bertz CT molecular complexity index is 936. The highest BCUT2D eigenvalue weighted by Crippen LogP contribution is 2.27. The summed E-state index contributed by atoms with van der Waals surface area (Å²) >= 11 is 0. The molecule has 4 rings (SSSR count). The number of aromatic nitrogens is 2. The molecule has 1 aliphatic rings. The number of piperazine rings is 1. The van der Waals surface area contributed by atoms with E-state index in [-0.39, 0.29) is 5.82 Å². The molecule has 0 spiro atoms. The Morgan fingerprint density at radius 1 is 0.893 bits per heavy atom. The van der Waals surface area contributed by atoms with Crippen LogP contribution >= 0.6 is 0 Å². The zero-order valence-electron chi connectivity index (χ0n) is 16.2. The van der Waals surface area contributed by atoms with Crippen LogP contribution in [0.3, 0.4) is 0 Å². The van der Waals surface area contributed by atoms with Crippen molar-refractivity contribution in [1.82, 2.24) is 9.97 Å². The number of rotatable bonds is 4. The number of nitrogens with one attached hydrogen (secondary N) is 1. The average molecular weight is 379 g/mol. The van der Waals surface area contributed by atoms with Gasteiger partial charge in [0.15, 0.2) is 0 Å². The van der Waals surface area contributed by atoms with E-state index in [4.69, 9.17) is 14.7 Å². The van der Waals surface area contributed by atoms with E-state index in [1.807, 2.05) is 30.3 Å². The van der Waals surface area contributed by atoms with Crippen LogP contribution in [0.15, 0.2) is 54.6 Å². The second-order valence-electron chi connectivity index (χ2n) is 7.12. The van der Waals surface area contributed by atoms with Gasteiger partial charge in [0.1, 0.15) is 11.6 Å². The summed E-state index contributed by atoms with van der Waals surface area (Å²) in [5.74, 6) is 1.27. The minimum atomic E-state index is -0.254. The van der Waals surface area contributed by atoms with Gasteiger partial charge in [-0.2, -0.15) is 0 Å². The van der Waals surface area contributed by atoms with E-state index in [9.17, 15) is 4.39 Å². The summed E-state index contributed by atoms with van der Waals surface area (Å²) in [5.41, 5.74) is 3.51. The summed E-state index contributed by atoms with van der Waals surface area (Å²) in [4.78, 5) is 13.4. The number of benzene rings is 2. The Hall–Kier alpha value is -2.99. The molecule has 0 unspecified atom stereocenters. The molecule has 6 heteroatoms. The Kier molecular flexibility index (Phi) is 5.21. The van der Waals surface area contributed by atoms with Gasteiger partial charge in [-0.05, 0) is 54.6 Å². The lowest BCUT2D eigenvalue weighted by atomic mass is 10.1. The summed E-state index contributed by atoms with van der Waals surface area (Å²) in [5, 5.41) is 0. The van der Waals surface area contributed by atoms with Crippen molar-refractivity contribution in [3.05, 3.63) is 60.4 Å². The summed E-state index contributed by atoms with van der Waals surface area (Å²) in [6.45, 7) is 3.95. The molecule has 0 atom stereocenters. The SMILES string of the molecule is COc1ccc(-c2cc(-c3ccc(F)cc3)nc(N3CC[NH+](C)CC3)n2)cc1. The number of halogens is 1. The molecule has 1 aromatic heterocycles. The van der Waals surface area contributed by atoms with Crippen LogP contribution in [0.1, 0.15) is 0 Å². The predicted molar refractivity (Wildman–Crippen MR) is 108 cm³/mol. The smallest absolute Gasteiger partial charge is 0.226 e. The first-order valence-electron chi connectivity index (χ1n) is 9.48.